The molecular weight excluding hydrogens is 354 g/mol. The molecule has 134 valence electrons. The molecule has 0 aliphatic rings. The van der Waals surface area contributed by atoms with Gasteiger partial charge in [-0.2, -0.15) is 5.10 Å². The van der Waals surface area contributed by atoms with Gasteiger partial charge in [0.05, 0.1) is 0 Å². The molecule has 7 nitrogen and oxygen atoms in total. The fraction of sp³-hybridized carbons (Fsp3) is 0.167. The maximum absolute atomic E-state index is 12.2. The molecule has 1 aromatic heterocycles. The number of anilines is 2. The third kappa shape index (κ3) is 3.94. The zero-order valence-electron chi connectivity index (χ0n) is 14.3. The topological polar surface area (TPSA) is 91.8 Å². The number of carbonyl (C=O) groups excluding carboxylic acids is 1. The summed E-state index contributed by atoms with van der Waals surface area (Å²) in [6, 6.07) is 13.6. The van der Waals surface area contributed by atoms with E-state index in [9.17, 15) is 9.59 Å². The van der Waals surface area contributed by atoms with Crippen LogP contribution in [-0.2, 0) is 0 Å². The van der Waals surface area contributed by atoms with E-state index in [0.717, 1.165) is 5.56 Å². The Labute approximate surface area is 155 Å². The first-order chi connectivity index (χ1) is 12.4. The number of hydrogen-bond acceptors (Lipinski definition) is 3. The molecule has 0 saturated carbocycles. The SMILES string of the molecule is CC(C)n1c(-c2cccc(NC(=O)Nc3cccc(Cl)c3)c2)n[nH]c1=O. The van der Waals surface area contributed by atoms with E-state index < -0.39 is 6.03 Å². The third-order valence-corrected chi connectivity index (χ3v) is 3.92. The highest BCUT2D eigenvalue weighted by Gasteiger charge is 2.14. The number of halogens is 1. The second kappa shape index (κ2) is 7.45. The lowest BCUT2D eigenvalue weighted by atomic mass is 10.2. The van der Waals surface area contributed by atoms with E-state index in [4.69, 9.17) is 11.6 Å². The minimum atomic E-state index is -0.396. The zero-order chi connectivity index (χ0) is 18.7. The molecule has 0 unspecified atom stereocenters. The molecule has 0 bridgehead atoms. The predicted molar refractivity (Wildman–Crippen MR) is 103 cm³/mol. The number of hydrogen-bond donors (Lipinski definition) is 3. The van der Waals surface area contributed by atoms with Crippen molar-refractivity contribution in [1.82, 2.24) is 14.8 Å². The molecule has 0 aliphatic heterocycles. The van der Waals surface area contributed by atoms with Crippen LogP contribution in [0.15, 0.2) is 53.3 Å². The largest absolute Gasteiger partial charge is 0.343 e. The van der Waals surface area contributed by atoms with Crippen molar-refractivity contribution in [3.05, 3.63) is 64.0 Å². The van der Waals surface area contributed by atoms with Crippen LogP contribution >= 0.6 is 11.6 Å². The van der Waals surface area contributed by atoms with Gasteiger partial charge in [-0.1, -0.05) is 29.8 Å². The van der Waals surface area contributed by atoms with Crippen LogP contribution in [0.3, 0.4) is 0 Å². The highest BCUT2D eigenvalue weighted by Crippen LogP contribution is 2.22. The van der Waals surface area contributed by atoms with Gasteiger partial charge in [-0.25, -0.2) is 14.7 Å². The molecule has 2 amide bonds. The molecule has 26 heavy (non-hydrogen) atoms. The molecule has 8 heteroatoms. The average molecular weight is 372 g/mol. The summed E-state index contributed by atoms with van der Waals surface area (Å²) < 4.78 is 1.56. The summed E-state index contributed by atoms with van der Waals surface area (Å²) in [6.07, 6.45) is 0. The minimum Gasteiger partial charge on any atom is -0.308 e. The van der Waals surface area contributed by atoms with Crippen LogP contribution in [0, 0.1) is 0 Å². The van der Waals surface area contributed by atoms with Crippen molar-refractivity contribution in [2.45, 2.75) is 19.9 Å². The Morgan fingerprint density at radius 3 is 2.42 bits per heavy atom. The number of benzene rings is 2. The molecular formula is C18H18ClN5O2. The molecule has 0 saturated heterocycles. The zero-order valence-corrected chi connectivity index (χ0v) is 15.0. The highest BCUT2D eigenvalue weighted by atomic mass is 35.5. The number of amides is 2. The van der Waals surface area contributed by atoms with Crippen molar-refractivity contribution in [1.29, 1.82) is 0 Å². The van der Waals surface area contributed by atoms with Crippen molar-refractivity contribution in [3.63, 3.8) is 0 Å². The number of carbonyl (C=O) groups is 1. The smallest absolute Gasteiger partial charge is 0.308 e. The molecule has 0 fully saturated rings. The number of aromatic amines is 1. The fourth-order valence-electron chi connectivity index (χ4n) is 2.58. The summed E-state index contributed by atoms with van der Waals surface area (Å²) in [5.41, 5.74) is 1.62. The van der Waals surface area contributed by atoms with E-state index in [0.29, 0.717) is 22.2 Å². The Bertz CT molecular complexity index is 993. The van der Waals surface area contributed by atoms with Gasteiger partial charge in [0.1, 0.15) is 0 Å². The maximum Gasteiger partial charge on any atom is 0.343 e. The number of aromatic nitrogens is 3. The summed E-state index contributed by atoms with van der Waals surface area (Å²) in [6.45, 7) is 3.81. The number of nitrogens with one attached hydrogen (secondary N) is 3. The lowest BCUT2D eigenvalue weighted by Crippen LogP contribution is -2.20. The normalized spacial score (nSPS) is 10.8. The van der Waals surface area contributed by atoms with Crippen LogP contribution in [0.2, 0.25) is 5.02 Å². The van der Waals surface area contributed by atoms with Crippen LogP contribution in [0.5, 0.6) is 0 Å². The maximum atomic E-state index is 12.2. The third-order valence-electron chi connectivity index (χ3n) is 3.68. The van der Waals surface area contributed by atoms with Crippen LogP contribution in [0.1, 0.15) is 19.9 Å². The second-order valence-electron chi connectivity index (χ2n) is 5.99. The van der Waals surface area contributed by atoms with Gasteiger partial charge in [0, 0.05) is 28.0 Å². The Morgan fingerprint density at radius 2 is 1.77 bits per heavy atom. The van der Waals surface area contributed by atoms with Gasteiger partial charge in [0.15, 0.2) is 5.82 Å². The lowest BCUT2D eigenvalue weighted by molar-refractivity contribution is 0.262. The monoisotopic (exact) mass is 371 g/mol. The van der Waals surface area contributed by atoms with Gasteiger partial charge >= 0.3 is 11.7 Å². The first-order valence-electron chi connectivity index (χ1n) is 8.05. The molecule has 3 N–H and O–H groups in total. The van der Waals surface area contributed by atoms with E-state index in [-0.39, 0.29) is 11.7 Å². The molecule has 3 rings (SSSR count). The molecule has 0 atom stereocenters. The molecule has 0 radical (unpaired) electrons. The Hall–Kier alpha value is -3.06. The standard InChI is InChI=1S/C18H18ClN5O2/c1-11(2)24-16(22-23-18(24)26)12-5-3-7-14(9-12)20-17(25)21-15-8-4-6-13(19)10-15/h3-11H,1-2H3,(H,23,26)(H2,20,21,25). The van der Waals surface area contributed by atoms with E-state index >= 15 is 0 Å². The van der Waals surface area contributed by atoms with Crippen LogP contribution in [0.25, 0.3) is 11.4 Å². The summed E-state index contributed by atoms with van der Waals surface area (Å²) in [4.78, 5) is 24.1. The lowest BCUT2D eigenvalue weighted by Gasteiger charge is -2.11. The van der Waals surface area contributed by atoms with Crippen molar-refractivity contribution in [2.75, 3.05) is 10.6 Å². The van der Waals surface area contributed by atoms with Crippen molar-refractivity contribution >= 4 is 29.0 Å². The summed E-state index contributed by atoms with van der Waals surface area (Å²) in [5, 5.41) is 12.6. The Morgan fingerprint density at radius 1 is 1.12 bits per heavy atom. The van der Waals surface area contributed by atoms with E-state index in [1.165, 1.54) is 0 Å². The van der Waals surface area contributed by atoms with Gasteiger partial charge < -0.3 is 10.6 Å². The number of urea groups is 1. The predicted octanol–water partition coefficient (Wildman–Crippen LogP) is 4.12. The highest BCUT2D eigenvalue weighted by molar-refractivity contribution is 6.30. The molecule has 0 spiro atoms. The van der Waals surface area contributed by atoms with Crippen molar-refractivity contribution < 1.29 is 4.79 Å². The van der Waals surface area contributed by atoms with E-state index in [2.05, 4.69) is 20.8 Å². The van der Waals surface area contributed by atoms with Crippen molar-refractivity contribution in [3.8, 4) is 11.4 Å². The van der Waals surface area contributed by atoms with Gasteiger partial charge in [0.2, 0.25) is 0 Å². The van der Waals surface area contributed by atoms with Crippen LogP contribution < -0.4 is 16.3 Å². The van der Waals surface area contributed by atoms with Gasteiger partial charge in [0.25, 0.3) is 0 Å². The number of rotatable bonds is 4. The first kappa shape index (κ1) is 17.8. The quantitative estimate of drug-likeness (QED) is 0.644. The molecule has 2 aromatic carbocycles. The number of nitrogens with zero attached hydrogens (tertiary/aromatic N) is 2. The van der Waals surface area contributed by atoms with Gasteiger partial charge in [-0.3, -0.25) is 4.57 Å². The Balaban J connectivity index is 1.80. The summed E-state index contributed by atoms with van der Waals surface area (Å²) in [7, 11) is 0. The van der Waals surface area contributed by atoms with Gasteiger partial charge in [-0.05, 0) is 44.2 Å². The van der Waals surface area contributed by atoms with E-state index in [1.807, 2.05) is 19.9 Å². The number of H-pyrrole nitrogens is 1. The summed E-state index contributed by atoms with van der Waals surface area (Å²) >= 11 is 5.91. The molecule has 3 aromatic rings. The van der Waals surface area contributed by atoms with Crippen LogP contribution in [-0.4, -0.2) is 20.8 Å². The second-order valence-corrected chi connectivity index (χ2v) is 6.42. The summed E-state index contributed by atoms with van der Waals surface area (Å²) in [5.74, 6) is 0.517. The van der Waals surface area contributed by atoms with Crippen LogP contribution in [0.4, 0.5) is 16.2 Å². The fourth-order valence-corrected chi connectivity index (χ4v) is 2.77. The average Bonchev–Trinajstić information content (AvgIpc) is 2.97. The van der Waals surface area contributed by atoms with E-state index in [1.54, 1.807) is 47.0 Å². The van der Waals surface area contributed by atoms with Crippen molar-refractivity contribution in [2.24, 2.45) is 0 Å². The minimum absolute atomic E-state index is 0.0426. The molecule has 1 heterocycles. The first-order valence-corrected chi connectivity index (χ1v) is 8.43. The van der Waals surface area contributed by atoms with Gasteiger partial charge in [-0.15, -0.1) is 0 Å². The molecule has 0 aliphatic carbocycles. The Kier molecular flexibility index (Phi) is 5.09.